The van der Waals surface area contributed by atoms with E-state index in [0.29, 0.717) is 12.0 Å². The minimum atomic E-state index is 0.369. The molecule has 2 saturated carbocycles. The molecule has 3 nitrogen and oxygen atoms in total. The van der Waals surface area contributed by atoms with E-state index >= 15 is 0 Å². The quantitative estimate of drug-likeness (QED) is 0.540. The molecule has 2 aromatic rings. The molecule has 2 aliphatic rings. The van der Waals surface area contributed by atoms with Crippen LogP contribution in [0.15, 0.2) is 34.9 Å². The molecule has 4 heteroatoms. The van der Waals surface area contributed by atoms with Gasteiger partial charge in [0, 0.05) is 10.0 Å². The summed E-state index contributed by atoms with van der Waals surface area (Å²) in [6.45, 7) is 1.15. The van der Waals surface area contributed by atoms with E-state index in [2.05, 4.69) is 50.5 Å². The van der Waals surface area contributed by atoms with Crippen molar-refractivity contribution in [3.63, 3.8) is 0 Å². The number of hydrogen-bond acceptors (Lipinski definition) is 2. The summed E-state index contributed by atoms with van der Waals surface area (Å²) in [4.78, 5) is 8.48. The summed E-state index contributed by atoms with van der Waals surface area (Å²) in [6, 6.07) is 8.82. The van der Waals surface area contributed by atoms with Crippen LogP contribution < -0.4 is 5.32 Å². The predicted molar refractivity (Wildman–Crippen MR) is 116 cm³/mol. The van der Waals surface area contributed by atoms with Gasteiger partial charge in [0.05, 0.1) is 17.9 Å². The lowest BCUT2D eigenvalue weighted by molar-refractivity contribution is 0.242. The third-order valence-electron chi connectivity index (χ3n) is 6.50. The summed E-state index contributed by atoms with van der Waals surface area (Å²) >= 11 is 3.58. The molecule has 0 radical (unpaired) electrons. The Bertz CT molecular complexity index is 714. The van der Waals surface area contributed by atoms with Gasteiger partial charge < -0.3 is 10.3 Å². The number of aromatic amines is 1. The monoisotopic (exact) mass is 429 g/mol. The van der Waals surface area contributed by atoms with Crippen LogP contribution in [-0.2, 0) is 0 Å². The molecule has 1 aromatic heterocycles. The largest absolute Gasteiger partial charge is 0.341 e. The van der Waals surface area contributed by atoms with Gasteiger partial charge in [-0.2, -0.15) is 0 Å². The van der Waals surface area contributed by atoms with Crippen molar-refractivity contribution in [3.8, 4) is 11.3 Å². The van der Waals surface area contributed by atoms with Gasteiger partial charge in [-0.25, -0.2) is 4.98 Å². The standard InChI is InChI=1S/C23H32BrN3/c24-20-13-7-12-19(14-20)21-16-26-23(27-21)22(18-10-5-2-6-11-18)25-15-17-8-3-1-4-9-17/h7,12-14,16-18,22,25H,1-6,8-11,15H2,(H,26,27)/t22-/m0/s1. The fourth-order valence-corrected chi connectivity index (χ4v) is 5.34. The lowest BCUT2D eigenvalue weighted by Gasteiger charge is -2.32. The van der Waals surface area contributed by atoms with Crippen molar-refractivity contribution in [2.24, 2.45) is 11.8 Å². The average Bonchev–Trinajstić information content (AvgIpc) is 3.20. The van der Waals surface area contributed by atoms with Crippen LogP contribution in [0.3, 0.4) is 0 Å². The fraction of sp³-hybridized carbons (Fsp3) is 0.609. The molecule has 146 valence electrons. The van der Waals surface area contributed by atoms with E-state index in [-0.39, 0.29) is 0 Å². The van der Waals surface area contributed by atoms with Crippen LogP contribution in [0.4, 0.5) is 0 Å². The molecule has 27 heavy (non-hydrogen) atoms. The van der Waals surface area contributed by atoms with E-state index < -0.39 is 0 Å². The molecule has 0 aliphatic heterocycles. The van der Waals surface area contributed by atoms with Gasteiger partial charge in [-0.3, -0.25) is 0 Å². The second kappa shape index (κ2) is 9.38. The van der Waals surface area contributed by atoms with E-state index in [9.17, 15) is 0 Å². The molecular formula is C23H32BrN3. The number of hydrogen-bond donors (Lipinski definition) is 2. The van der Waals surface area contributed by atoms with Gasteiger partial charge in [0.25, 0.3) is 0 Å². The summed E-state index contributed by atoms with van der Waals surface area (Å²) in [5.74, 6) is 2.70. The maximum atomic E-state index is 4.83. The number of rotatable bonds is 6. The van der Waals surface area contributed by atoms with Gasteiger partial charge >= 0.3 is 0 Å². The van der Waals surface area contributed by atoms with Gasteiger partial charge in [-0.15, -0.1) is 0 Å². The molecule has 2 N–H and O–H groups in total. The first-order valence-corrected chi connectivity index (χ1v) is 11.6. The van der Waals surface area contributed by atoms with Crippen LogP contribution in [0.2, 0.25) is 0 Å². The van der Waals surface area contributed by atoms with Crippen molar-refractivity contribution in [1.29, 1.82) is 0 Å². The molecule has 0 unspecified atom stereocenters. The summed E-state index contributed by atoms with van der Waals surface area (Å²) in [5, 5.41) is 3.95. The predicted octanol–water partition coefficient (Wildman–Crippen LogP) is 6.63. The number of aromatic nitrogens is 2. The Morgan fingerprint density at radius 3 is 2.52 bits per heavy atom. The zero-order valence-corrected chi connectivity index (χ0v) is 17.8. The average molecular weight is 430 g/mol. The number of nitrogens with zero attached hydrogens (tertiary/aromatic N) is 1. The van der Waals surface area contributed by atoms with Gasteiger partial charge in [0.1, 0.15) is 5.82 Å². The van der Waals surface area contributed by atoms with Gasteiger partial charge in [0.2, 0.25) is 0 Å². The first-order chi connectivity index (χ1) is 13.3. The lowest BCUT2D eigenvalue weighted by Crippen LogP contribution is -2.34. The molecule has 0 bridgehead atoms. The number of halogens is 1. The van der Waals surface area contributed by atoms with E-state index in [1.54, 1.807) is 0 Å². The highest BCUT2D eigenvalue weighted by Gasteiger charge is 2.28. The Hall–Kier alpha value is -1.13. The maximum Gasteiger partial charge on any atom is 0.123 e. The van der Waals surface area contributed by atoms with Crippen LogP contribution in [0, 0.1) is 11.8 Å². The molecule has 2 aliphatic carbocycles. The van der Waals surface area contributed by atoms with Crippen LogP contribution >= 0.6 is 15.9 Å². The SMILES string of the molecule is Brc1cccc(-c2cnc([C@@H](NCC3CCCCC3)C3CCCCC3)[nH]2)c1. The number of imidazole rings is 1. The highest BCUT2D eigenvalue weighted by molar-refractivity contribution is 9.10. The highest BCUT2D eigenvalue weighted by atomic mass is 79.9. The first-order valence-electron chi connectivity index (χ1n) is 10.8. The highest BCUT2D eigenvalue weighted by Crippen LogP contribution is 2.35. The van der Waals surface area contributed by atoms with Gasteiger partial charge in [-0.05, 0) is 56.2 Å². The first kappa shape index (κ1) is 19.2. The smallest absolute Gasteiger partial charge is 0.123 e. The Labute approximate surface area is 171 Å². The molecule has 0 amide bonds. The van der Waals surface area contributed by atoms with Crippen molar-refractivity contribution in [2.45, 2.75) is 70.3 Å². The maximum absolute atomic E-state index is 4.83. The molecule has 1 aromatic carbocycles. The van der Waals surface area contributed by atoms with Crippen molar-refractivity contribution in [3.05, 3.63) is 40.8 Å². The summed E-state index contributed by atoms with van der Waals surface area (Å²) in [5.41, 5.74) is 2.31. The molecule has 2 fully saturated rings. The van der Waals surface area contributed by atoms with Crippen molar-refractivity contribution in [1.82, 2.24) is 15.3 Å². The van der Waals surface area contributed by atoms with E-state index in [1.165, 1.54) is 69.8 Å². The summed E-state index contributed by atoms with van der Waals surface area (Å²) < 4.78 is 1.11. The Balaban J connectivity index is 1.50. The lowest BCUT2D eigenvalue weighted by atomic mass is 9.83. The van der Waals surface area contributed by atoms with Crippen LogP contribution in [0.1, 0.15) is 76.1 Å². The second-order valence-electron chi connectivity index (χ2n) is 8.48. The number of benzene rings is 1. The van der Waals surface area contributed by atoms with Crippen LogP contribution in [0.25, 0.3) is 11.3 Å². The van der Waals surface area contributed by atoms with Crippen molar-refractivity contribution < 1.29 is 0 Å². The van der Waals surface area contributed by atoms with Gasteiger partial charge in [0.15, 0.2) is 0 Å². The molecule has 0 spiro atoms. The van der Waals surface area contributed by atoms with Crippen LogP contribution in [0.5, 0.6) is 0 Å². The topological polar surface area (TPSA) is 40.7 Å². The minimum absolute atomic E-state index is 0.369. The number of nitrogens with one attached hydrogen (secondary N) is 2. The van der Waals surface area contributed by atoms with Crippen molar-refractivity contribution >= 4 is 15.9 Å². The molecular weight excluding hydrogens is 398 g/mol. The Kier molecular flexibility index (Phi) is 6.67. The minimum Gasteiger partial charge on any atom is -0.341 e. The molecule has 0 saturated heterocycles. The molecule has 4 rings (SSSR count). The van der Waals surface area contributed by atoms with E-state index in [1.807, 2.05) is 6.20 Å². The molecule has 1 heterocycles. The fourth-order valence-electron chi connectivity index (χ4n) is 4.94. The number of H-pyrrole nitrogens is 1. The third kappa shape index (κ3) is 5.03. The normalized spacial score (nSPS) is 20.6. The Morgan fingerprint density at radius 1 is 1.04 bits per heavy atom. The zero-order chi connectivity index (χ0) is 18.5. The van der Waals surface area contributed by atoms with Crippen LogP contribution in [-0.4, -0.2) is 16.5 Å². The summed E-state index contributed by atoms with van der Waals surface area (Å²) in [6.07, 6.45) is 15.8. The second-order valence-corrected chi connectivity index (χ2v) is 9.40. The van der Waals surface area contributed by atoms with Crippen molar-refractivity contribution in [2.75, 3.05) is 6.54 Å². The Morgan fingerprint density at radius 2 is 1.78 bits per heavy atom. The van der Waals surface area contributed by atoms with E-state index in [0.717, 1.165) is 28.5 Å². The van der Waals surface area contributed by atoms with E-state index in [4.69, 9.17) is 4.98 Å². The zero-order valence-electron chi connectivity index (χ0n) is 16.2. The summed E-state index contributed by atoms with van der Waals surface area (Å²) in [7, 11) is 0. The third-order valence-corrected chi connectivity index (χ3v) is 6.99. The molecule has 1 atom stereocenters. The van der Waals surface area contributed by atoms with Gasteiger partial charge in [-0.1, -0.05) is 66.6 Å².